The minimum atomic E-state index is 0.227. The van der Waals surface area contributed by atoms with Gasteiger partial charge in [-0.3, -0.25) is 0 Å². The highest BCUT2D eigenvalue weighted by molar-refractivity contribution is 7.80. The molecule has 1 aliphatic rings. The molecular weight excluding hydrogens is 262 g/mol. The summed E-state index contributed by atoms with van der Waals surface area (Å²) < 4.78 is 16.5. The lowest BCUT2D eigenvalue weighted by atomic mass is 10.1. The Balaban J connectivity index is 1.96. The monoisotopic (exact) mass is 281 g/mol. The largest absolute Gasteiger partial charge is 0.496 e. The average Bonchev–Trinajstić information content (AvgIpc) is 2.91. The van der Waals surface area contributed by atoms with Crippen LogP contribution in [0.2, 0.25) is 0 Å². The zero-order valence-corrected chi connectivity index (χ0v) is 11.9. The lowest BCUT2D eigenvalue weighted by molar-refractivity contribution is 0.0101. The minimum absolute atomic E-state index is 0.227. The number of nitrogens with two attached hydrogens (primary N) is 1. The van der Waals surface area contributed by atoms with Gasteiger partial charge in [-0.15, -0.1) is 0 Å². The van der Waals surface area contributed by atoms with Gasteiger partial charge in [-0.1, -0.05) is 12.2 Å². The van der Waals surface area contributed by atoms with Crippen LogP contribution >= 0.6 is 12.2 Å². The maximum atomic E-state index is 5.69. The van der Waals surface area contributed by atoms with Crippen molar-refractivity contribution in [3.05, 3.63) is 29.3 Å². The van der Waals surface area contributed by atoms with Crippen LogP contribution in [-0.2, 0) is 16.1 Å². The SMILES string of the molecule is COc1ccc(C(N)=S)cc1COCC1CCCO1. The van der Waals surface area contributed by atoms with Gasteiger partial charge in [0.25, 0.3) is 0 Å². The summed E-state index contributed by atoms with van der Waals surface area (Å²) in [5.74, 6) is 0.785. The molecule has 1 saturated heterocycles. The van der Waals surface area contributed by atoms with E-state index in [1.54, 1.807) is 7.11 Å². The van der Waals surface area contributed by atoms with Crippen LogP contribution in [0.3, 0.4) is 0 Å². The Morgan fingerprint density at radius 1 is 1.53 bits per heavy atom. The van der Waals surface area contributed by atoms with Crippen molar-refractivity contribution < 1.29 is 14.2 Å². The van der Waals surface area contributed by atoms with Crippen LogP contribution in [0.25, 0.3) is 0 Å². The minimum Gasteiger partial charge on any atom is -0.496 e. The first-order valence-corrected chi connectivity index (χ1v) is 6.77. The van der Waals surface area contributed by atoms with E-state index in [1.165, 1.54) is 0 Å². The molecule has 2 N–H and O–H groups in total. The van der Waals surface area contributed by atoms with Gasteiger partial charge in [-0.25, -0.2) is 0 Å². The highest BCUT2D eigenvalue weighted by Gasteiger charge is 2.15. The molecule has 0 radical (unpaired) electrons. The molecule has 1 aliphatic heterocycles. The molecular formula is C14H19NO3S. The standard InChI is InChI=1S/C14H19NO3S/c1-16-13-5-4-10(14(15)19)7-11(13)8-17-9-12-3-2-6-18-12/h4-5,7,12H,2-3,6,8-9H2,1H3,(H2,15,19). The van der Waals surface area contributed by atoms with Crippen LogP contribution in [0.5, 0.6) is 5.75 Å². The third-order valence-corrected chi connectivity index (χ3v) is 3.39. The smallest absolute Gasteiger partial charge is 0.124 e. The molecule has 0 aromatic heterocycles. The number of hydrogen-bond donors (Lipinski definition) is 1. The van der Waals surface area contributed by atoms with Gasteiger partial charge >= 0.3 is 0 Å². The lowest BCUT2D eigenvalue weighted by Crippen LogP contribution is -2.14. The molecule has 2 rings (SSSR count). The normalized spacial score (nSPS) is 18.5. The molecule has 1 unspecified atom stereocenters. The zero-order valence-electron chi connectivity index (χ0n) is 11.1. The quantitative estimate of drug-likeness (QED) is 0.809. The first-order chi connectivity index (χ1) is 9.20. The van der Waals surface area contributed by atoms with E-state index in [9.17, 15) is 0 Å². The summed E-state index contributed by atoms with van der Waals surface area (Å²) in [6, 6.07) is 5.63. The van der Waals surface area contributed by atoms with Gasteiger partial charge in [0.05, 0.1) is 26.4 Å². The summed E-state index contributed by atoms with van der Waals surface area (Å²) in [4.78, 5) is 0.378. The number of ether oxygens (including phenoxy) is 3. The van der Waals surface area contributed by atoms with Crippen LogP contribution in [0.4, 0.5) is 0 Å². The van der Waals surface area contributed by atoms with E-state index in [-0.39, 0.29) is 6.10 Å². The molecule has 0 bridgehead atoms. The Morgan fingerprint density at radius 3 is 3.00 bits per heavy atom. The van der Waals surface area contributed by atoms with Crippen LogP contribution in [0, 0.1) is 0 Å². The second-order valence-corrected chi connectivity index (χ2v) is 4.98. The van der Waals surface area contributed by atoms with Gasteiger partial charge in [0, 0.05) is 17.7 Å². The molecule has 4 nitrogen and oxygen atoms in total. The summed E-state index contributed by atoms with van der Waals surface area (Å²) in [6.45, 7) is 1.92. The van der Waals surface area contributed by atoms with E-state index < -0.39 is 0 Å². The summed E-state index contributed by atoms with van der Waals surface area (Å²) >= 11 is 4.98. The van der Waals surface area contributed by atoms with Crippen LogP contribution in [-0.4, -0.2) is 31.4 Å². The highest BCUT2D eigenvalue weighted by atomic mass is 32.1. The van der Waals surface area contributed by atoms with Crippen molar-refractivity contribution in [1.29, 1.82) is 0 Å². The Bertz CT molecular complexity index is 444. The first kappa shape index (κ1) is 14.2. The topological polar surface area (TPSA) is 53.7 Å². The molecule has 19 heavy (non-hydrogen) atoms. The van der Waals surface area contributed by atoms with Crippen molar-refractivity contribution in [2.24, 2.45) is 5.73 Å². The van der Waals surface area contributed by atoms with E-state index in [2.05, 4.69) is 0 Å². The fourth-order valence-corrected chi connectivity index (χ4v) is 2.25. The Labute approximate surface area is 118 Å². The number of methoxy groups -OCH3 is 1. The van der Waals surface area contributed by atoms with Crippen LogP contribution in [0.15, 0.2) is 18.2 Å². The average molecular weight is 281 g/mol. The van der Waals surface area contributed by atoms with Crippen molar-refractivity contribution in [3.63, 3.8) is 0 Å². The van der Waals surface area contributed by atoms with Gasteiger partial charge in [0.2, 0.25) is 0 Å². The van der Waals surface area contributed by atoms with E-state index in [0.29, 0.717) is 18.2 Å². The van der Waals surface area contributed by atoms with Gasteiger partial charge in [0.15, 0.2) is 0 Å². The predicted octanol–water partition coefficient (Wildman–Crippen LogP) is 2.02. The maximum Gasteiger partial charge on any atom is 0.124 e. The number of hydrogen-bond acceptors (Lipinski definition) is 4. The molecule has 1 fully saturated rings. The molecule has 5 heteroatoms. The second-order valence-electron chi connectivity index (χ2n) is 4.54. The van der Waals surface area contributed by atoms with Gasteiger partial charge < -0.3 is 19.9 Å². The van der Waals surface area contributed by atoms with E-state index >= 15 is 0 Å². The van der Waals surface area contributed by atoms with Crippen molar-refractivity contribution in [2.45, 2.75) is 25.6 Å². The molecule has 0 aliphatic carbocycles. The molecule has 0 saturated carbocycles. The molecule has 1 aromatic carbocycles. The Hall–Kier alpha value is -1.17. The molecule has 1 atom stereocenters. The predicted molar refractivity (Wildman–Crippen MR) is 77.5 cm³/mol. The van der Waals surface area contributed by atoms with Crippen molar-refractivity contribution in [1.82, 2.24) is 0 Å². The third-order valence-electron chi connectivity index (χ3n) is 3.15. The van der Waals surface area contributed by atoms with E-state index in [4.69, 9.17) is 32.2 Å². The summed E-state index contributed by atoms with van der Waals surface area (Å²) in [6.07, 6.45) is 2.42. The van der Waals surface area contributed by atoms with E-state index in [1.807, 2.05) is 18.2 Å². The summed E-state index contributed by atoms with van der Waals surface area (Å²) in [5, 5.41) is 0. The second kappa shape index (κ2) is 6.84. The molecule has 0 spiro atoms. The molecule has 104 valence electrons. The van der Waals surface area contributed by atoms with Crippen molar-refractivity contribution in [2.75, 3.05) is 20.3 Å². The Morgan fingerprint density at radius 2 is 2.37 bits per heavy atom. The van der Waals surface area contributed by atoms with Crippen LogP contribution < -0.4 is 10.5 Å². The van der Waals surface area contributed by atoms with Gasteiger partial charge in [-0.05, 0) is 31.0 Å². The summed E-state index contributed by atoms with van der Waals surface area (Å²) in [7, 11) is 1.64. The molecule has 0 amide bonds. The van der Waals surface area contributed by atoms with Gasteiger partial charge in [0.1, 0.15) is 10.7 Å². The molecule has 1 heterocycles. The number of thiocarbonyl (C=S) groups is 1. The third kappa shape index (κ3) is 3.89. The lowest BCUT2D eigenvalue weighted by Gasteiger charge is -2.13. The van der Waals surface area contributed by atoms with Crippen LogP contribution in [0.1, 0.15) is 24.0 Å². The fraction of sp³-hybridized carbons (Fsp3) is 0.500. The summed E-state index contributed by atoms with van der Waals surface area (Å²) in [5.41, 5.74) is 7.41. The first-order valence-electron chi connectivity index (χ1n) is 6.36. The fourth-order valence-electron chi connectivity index (χ4n) is 2.12. The highest BCUT2D eigenvalue weighted by Crippen LogP contribution is 2.21. The maximum absolute atomic E-state index is 5.69. The number of rotatable bonds is 6. The van der Waals surface area contributed by atoms with Gasteiger partial charge in [-0.2, -0.15) is 0 Å². The zero-order chi connectivity index (χ0) is 13.7. The van der Waals surface area contributed by atoms with Crippen molar-refractivity contribution in [3.8, 4) is 5.75 Å². The molecule has 1 aromatic rings. The van der Waals surface area contributed by atoms with E-state index in [0.717, 1.165) is 36.3 Å². The number of benzene rings is 1. The van der Waals surface area contributed by atoms with Crippen molar-refractivity contribution >= 4 is 17.2 Å². The Kier molecular flexibility index (Phi) is 5.13.